The van der Waals surface area contributed by atoms with Gasteiger partial charge in [-0.05, 0) is 58.7 Å². The van der Waals surface area contributed by atoms with E-state index in [1.165, 1.54) is 0 Å². The van der Waals surface area contributed by atoms with Crippen LogP contribution >= 0.6 is 0 Å². The molecule has 168 valence electrons. The minimum Gasteiger partial charge on any atom is -0.488 e. The van der Waals surface area contributed by atoms with E-state index in [-0.39, 0.29) is 5.60 Å². The SMILES string of the molecule is CCNC(=NCc1ccccc1OC(C)(C)C)NC1CCN(Cc2ccccn2)CC1. The normalized spacial score (nSPS) is 16.2. The van der Waals surface area contributed by atoms with Crippen LogP contribution in [0.1, 0.15) is 51.8 Å². The highest BCUT2D eigenvalue weighted by atomic mass is 16.5. The van der Waals surface area contributed by atoms with Crippen LogP contribution in [0.25, 0.3) is 0 Å². The standard InChI is InChI=1S/C25H37N5O/c1-5-26-24(28-18-20-10-6-7-12-23(20)31-25(2,3)4)29-21-13-16-30(17-14-21)19-22-11-8-9-15-27-22/h6-12,15,21H,5,13-14,16-19H2,1-4H3,(H2,26,28,29). The third kappa shape index (κ3) is 7.87. The van der Waals surface area contributed by atoms with Crippen LogP contribution in [0.5, 0.6) is 5.75 Å². The first kappa shape index (κ1) is 23.1. The Balaban J connectivity index is 1.55. The number of pyridine rings is 1. The van der Waals surface area contributed by atoms with Gasteiger partial charge in [-0.25, -0.2) is 4.99 Å². The molecule has 0 radical (unpaired) electrons. The van der Waals surface area contributed by atoms with Crippen LogP contribution in [0.3, 0.4) is 0 Å². The molecule has 0 spiro atoms. The summed E-state index contributed by atoms with van der Waals surface area (Å²) in [6.45, 7) is 12.8. The summed E-state index contributed by atoms with van der Waals surface area (Å²) in [6, 6.07) is 14.7. The van der Waals surface area contributed by atoms with Crippen molar-refractivity contribution >= 4 is 5.96 Å². The van der Waals surface area contributed by atoms with Gasteiger partial charge in [-0.1, -0.05) is 24.3 Å². The molecule has 0 unspecified atom stereocenters. The average Bonchev–Trinajstić information content (AvgIpc) is 2.74. The van der Waals surface area contributed by atoms with Gasteiger partial charge in [0.25, 0.3) is 0 Å². The minimum atomic E-state index is -0.230. The van der Waals surface area contributed by atoms with Gasteiger partial charge in [-0.15, -0.1) is 0 Å². The van der Waals surface area contributed by atoms with Crippen LogP contribution in [-0.4, -0.2) is 47.1 Å². The van der Waals surface area contributed by atoms with Crippen molar-refractivity contribution in [2.45, 2.75) is 65.3 Å². The van der Waals surface area contributed by atoms with Gasteiger partial charge in [0.1, 0.15) is 11.4 Å². The molecule has 1 aromatic heterocycles. The molecule has 0 amide bonds. The van der Waals surface area contributed by atoms with Gasteiger partial charge in [0.05, 0.1) is 12.2 Å². The smallest absolute Gasteiger partial charge is 0.191 e. The summed E-state index contributed by atoms with van der Waals surface area (Å²) in [5.41, 5.74) is 2.01. The number of ether oxygens (including phenoxy) is 1. The number of para-hydroxylation sites is 1. The van der Waals surface area contributed by atoms with Crippen molar-refractivity contribution in [3.63, 3.8) is 0 Å². The fourth-order valence-electron chi connectivity index (χ4n) is 3.70. The van der Waals surface area contributed by atoms with Crippen LogP contribution in [0.2, 0.25) is 0 Å². The molecule has 3 rings (SSSR count). The van der Waals surface area contributed by atoms with Crippen molar-refractivity contribution in [2.75, 3.05) is 19.6 Å². The predicted molar refractivity (Wildman–Crippen MR) is 127 cm³/mol. The summed E-state index contributed by atoms with van der Waals surface area (Å²) in [5, 5.41) is 7.03. The summed E-state index contributed by atoms with van der Waals surface area (Å²) in [7, 11) is 0. The third-order valence-electron chi connectivity index (χ3n) is 5.18. The molecule has 6 heteroatoms. The monoisotopic (exact) mass is 423 g/mol. The number of likely N-dealkylation sites (tertiary alicyclic amines) is 1. The van der Waals surface area contributed by atoms with E-state index in [2.05, 4.69) is 66.4 Å². The van der Waals surface area contributed by atoms with Gasteiger partial charge in [0.15, 0.2) is 5.96 Å². The first-order valence-electron chi connectivity index (χ1n) is 11.4. The Labute approximate surface area is 187 Å². The number of aromatic nitrogens is 1. The second-order valence-electron chi connectivity index (χ2n) is 9.03. The van der Waals surface area contributed by atoms with Gasteiger partial charge in [-0.2, -0.15) is 0 Å². The lowest BCUT2D eigenvalue weighted by Crippen LogP contribution is -2.48. The van der Waals surface area contributed by atoms with Crippen molar-refractivity contribution < 1.29 is 4.74 Å². The Kier molecular flexibility index (Phi) is 8.29. The van der Waals surface area contributed by atoms with Crippen molar-refractivity contribution in [3.05, 3.63) is 59.9 Å². The Morgan fingerprint density at radius 2 is 1.87 bits per heavy atom. The van der Waals surface area contributed by atoms with Crippen molar-refractivity contribution in [3.8, 4) is 5.75 Å². The Bertz CT molecular complexity index is 823. The summed E-state index contributed by atoms with van der Waals surface area (Å²) in [4.78, 5) is 11.8. The van der Waals surface area contributed by atoms with Crippen molar-refractivity contribution in [2.24, 2.45) is 4.99 Å². The Morgan fingerprint density at radius 1 is 1.13 bits per heavy atom. The van der Waals surface area contributed by atoms with E-state index >= 15 is 0 Å². The molecule has 31 heavy (non-hydrogen) atoms. The number of benzene rings is 1. The highest BCUT2D eigenvalue weighted by Gasteiger charge is 2.20. The highest BCUT2D eigenvalue weighted by molar-refractivity contribution is 5.80. The molecule has 1 aliphatic heterocycles. The molecule has 0 aliphatic carbocycles. The van der Waals surface area contributed by atoms with Gasteiger partial charge < -0.3 is 15.4 Å². The van der Waals surface area contributed by atoms with E-state index in [1.807, 2.05) is 30.5 Å². The van der Waals surface area contributed by atoms with Gasteiger partial charge in [0, 0.05) is 44.0 Å². The maximum absolute atomic E-state index is 6.11. The second kappa shape index (κ2) is 11.1. The largest absolute Gasteiger partial charge is 0.488 e. The predicted octanol–water partition coefficient (Wildman–Crippen LogP) is 3.98. The molecule has 0 bridgehead atoms. The number of piperidine rings is 1. The summed E-state index contributed by atoms with van der Waals surface area (Å²) < 4.78 is 6.11. The molecule has 1 aromatic carbocycles. The van der Waals surface area contributed by atoms with Crippen molar-refractivity contribution in [1.82, 2.24) is 20.5 Å². The van der Waals surface area contributed by atoms with E-state index in [9.17, 15) is 0 Å². The number of hydrogen-bond donors (Lipinski definition) is 2. The molecule has 1 saturated heterocycles. The number of hydrogen-bond acceptors (Lipinski definition) is 4. The first-order valence-corrected chi connectivity index (χ1v) is 11.4. The Morgan fingerprint density at radius 3 is 2.55 bits per heavy atom. The lowest BCUT2D eigenvalue weighted by Gasteiger charge is -2.32. The van der Waals surface area contributed by atoms with Crippen LogP contribution in [0.15, 0.2) is 53.7 Å². The van der Waals surface area contributed by atoms with Crippen LogP contribution in [0.4, 0.5) is 0 Å². The summed E-state index contributed by atoms with van der Waals surface area (Å²) in [6.07, 6.45) is 4.06. The first-order chi connectivity index (χ1) is 14.9. The van der Waals surface area contributed by atoms with Crippen molar-refractivity contribution in [1.29, 1.82) is 0 Å². The van der Waals surface area contributed by atoms with Crippen LogP contribution in [-0.2, 0) is 13.1 Å². The molecule has 2 heterocycles. The molecule has 6 nitrogen and oxygen atoms in total. The maximum Gasteiger partial charge on any atom is 0.191 e. The molecule has 1 fully saturated rings. The fourth-order valence-corrected chi connectivity index (χ4v) is 3.70. The molecule has 0 atom stereocenters. The lowest BCUT2D eigenvalue weighted by molar-refractivity contribution is 0.129. The molecule has 2 N–H and O–H groups in total. The maximum atomic E-state index is 6.11. The van der Waals surface area contributed by atoms with E-state index < -0.39 is 0 Å². The van der Waals surface area contributed by atoms with Crippen LogP contribution in [0, 0.1) is 0 Å². The van der Waals surface area contributed by atoms with E-state index in [0.717, 1.165) is 62.0 Å². The van der Waals surface area contributed by atoms with Gasteiger partial charge >= 0.3 is 0 Å². The number of guanidine groups is 1. The lowest BCUT2D eigenvalue weighted by atomic mass is 10.0. The summed E-state index contributed by atoms with van der Waals surface area (Å²) in [5.74, 6) is 1.77. The molecular formula is C25H37N5O. The summed E-state index contributed by atoms with van der Waals surface area (Å²) >= 11 is 0. The topological polar surface area (TPSA) is 61.8 Å². The Hall–Kier alpha value is -2.60. The van der Waals surface area contributed by atoms with Gasteiger partial charge in [0.2, 0.25) is 0 Å². The van der Waals surface area contributed by atoms with E-state index in [4.69, 9.17) is 9.73 Å². The quantitative estimate of drug-likeness (QED) is 0.521. The molecular weight excluding hydrogens is 386 g/mol. The van der Waals surface area contributed by atoms with E-state index in [0.29, 0.717) is 12.6 Å². The number of aliphatic imine (C=N–C) groups is 1. The number of nitrogens with zero attached hydrogens (tertiary/aromatic N) is 3. The zero-order valence-electron chi connectivity index (χ0n) is 19.4. The highest BCUT2D eigenvalue weighted by Crippen LogP contribution is 2.23. The zero-order valence-corrected chi connectivity index (χ0v) is 19.4. The third-order valence-corrected chi connectivity index (χ3v) is 5.18. The van der Waals surface area contributed by atoms with Crippen LogP contribution < -0.4 is 15.4 Å². The molecule has 2 aromatic rings. The molecule has 1 aliphatic rings. The minimum absolute atomic E-state index is 0.230. The fraction of sp³-hybridized carbons (Fsp3) is 0.520. The zero-order chi connectivity index (χ0) is 22.1. The number of rotatable bonds is 7. The second-order valence-corrected chi connectivity index (χ2v) is 9.03. The number of nitrogens with one attached hydrogen (secondary N) is 2. The van der Waals surface area contributed by atoms with E-state index in [1.54, 1.807) is 0 Å². The average molecular weight is 424 g/mol. The molecule has 0 saturated carbocycles. The van der Waals surface area contributed by atoms with Gasteiger partial charge in [-0.3, -0.25) is 9.88 Å².